The summed E-state index contributed by atoms with van der Waals surface area (Å²) in [6.45, 7) is 3.47. The summed E-state index contributed by atoms with van der Waals surface area (Å²) in [5, 5.41) is 14.5. The van der Waals surface area contributed by atoms with Crippen molar-refractivity contribution in [2.75, 3.05) is 0 Å². The van der Waals surface area contributed by atoms with E-state index in [0.29, 0.717) is 24.2 Å². The van der Waals surface area contributed by atoms with Crippen LogP contribution in [0, 0.1) is 0 Å². The van der Waals surface area contributed by atoms with E-state index in [2.05, 4.69) is 5.32 Å². The van der Waals surface area contributed by atoms with Crippen molar-refractivity contribution >= 4 is 22.8 Å². The zero-order valence-electron chi connectivity index (χ0n) is 16.1. The lowest BCUT2D eigenvalue weighted by molar-refractivity contribution is -0.308. The van der Waals surface area contributed by atoms with Crippen molar-refractivity contribution in [3.05, 3.63) is 39.7 Å². The molecule has 3 rings (SSSR count). The Hall–Kier alpha value is -2.83. The van der Waals surface area contributed by atoms with Crippen molar-refractivity contribution in [3.8, 4) is 5.75 Å². The van der Waals surface area contributed by atoms with Gasteiger partial charge < -0.3 is 24.4 Å². The topological polar surface area (TPSA) is 109 Å². The molecule has 0 radical (unpaired) electrons. The maximum absolute atomic E-state index is 12.3. The van der Waals surface area contributed by atoms with Gasteiger partial charge in [-0.3, -0.25) is 4.79 Å². The number of rotatable bonds is 8. The largest absolute Gasteiger partial charge is 0.548 e. The highest BCUT2D eigenvalue weighted by atomic mass is 16.5. The summed E-state index contributed by atoms with van der Waals surface area (Å²) in [6, 6.07) is 4.09. The summed E-state index contributed by atoms with van der Waals surface area (Å²) >= 11 is 0. The third-order valence-corrected chi connectivity index (χ3v) is 5.07. The minimum Gasteiger partial charge on any atom is -0.548 e. The fraction of sp³-hybridized carbons (Fsp3) is 0.476. The van der Waals surface area contributed by atoms with Gasteiger partial charge in [-0.25, -0.2) is 4.79 Å². The van der Waals surface area contributed by atoms with Crippen molar-refractivity contribution in [2.45, 2.75) is 64.5 Å². The highest BCUT2D eigenvalue weighted by Crippen LogP contribution is 2.29. The number of hydrogen-bond acceptors (Lipinski definition) is 6. The van der Waals surface area contributed by atoms with Crippen LogP contribution in [0.3, 0.4) is 0 Å². The average molecular weight is 386 g/mol. The predicted octanol–water partition coefficient (Wildman–Crippen LogP) is 1.47. The SMILES string of the molecule is CCCC[C@H](NC(=O)[C@H](C)Oc1ccc2c3c(c(=O)oc2c1)CCC3)C(=O)[O-]. The lowest BCUT2D eigenvalue weighted by Crippen LogP contribution is -2.51. The quantitative estimate of drug-likeness (QED) is 0.688. The van der Waals surface area contributed by atoms with Crippen LogP contribution in [0.25, 0.3) is 11.0 Å². The lowest BCUT2D eigenvalue weighted by atomic mass is 10.1. The fourth-order valence-corrected chi connectivity index (χ4v) is 3.54. The molecular weight excluding hydrogens is 362 g/mol. The first-order valence-corrected chi connectivity index (χ1v) is 9.67. The molecule has 1 aromatic heterocycles. The molecule has 7 nitrogen and oxygen atoms in total. The number of carbonyl (C=O) groups is 2. The Balaban J connectivity index is 1.73. The van der Waals surface area contributed by atoms with Gasteiger partial charge in [-0.2, -0.15) is 0 Å². The normalized spacial score (nSPS) is 15.1. The highest BCUT2D eigenvalue weighted by Gasteiger charge is 2.22. The number of nitrogens with one attached hydrogen (secondary N) is 1. The summed E-state index contributed by atoms with van der Waals surface area (Å²) in [5.41, 5.74) is 1.87. The van der Waals surface area contributed by atoms with Crippen LogP contribution in [0.4, 0.5) is 0 Å². The first-order chi connectivity index (χ1) is 13.4. The van der Waals surface area contributed by atoms with Crippen LogP contribution in [0.1, 0.15) is 50.7 Å². The minimum atomic E-state index is -1.31. The van der Waals surface area contributed by atoms with Crippen molar-refractivity contribution in [3.63, 3.8) is 0 Å². The second-order valence-corrected chi connectivity index (χ2v) is 7.14. The van der Waals surface area contributed by atoms with Gasteiger partial charge in [0, 0.05) is 17.0 Å². The van der Waals surface area contributed by atoms with Crippen molar-refractivity contribution < 1.29 is 23.8 Å². The van der Waals surface area contributed by atoms with E-state index in [1.54, 1.807) is 12.1 Å². The number of fused-ring (bicyclic) bond motifs is 3. The molecule has 1 aliphatic rings. The van der Waals surface area contributed by atoms with Crippen LogP contribution in [-0.4, -0.2) is 24.0 Å². The number of aryl methyl sites for hydroxylation is 1. The lowest BCUT2D eigenvalue weighted by Gasteiger charge is -2.22. The monoisotopic (exact) mass is 386 g/mol. The van der Waals surface area contributed by atoms with Gasteiger partial charge in [0.1, 0.15) is 11.3 Å². The first-order valence-electron chi connectivity index (χ1n) is 9.67. The molecule has 0 spiro atoms. The van der Waals surface area contributed by atoms with E-state index < -0.39 is 24.0 Å². The number of hydrogen-bond donors (Lipinski definition) is 1. The van der Waals surface area contributed by atoms with E-state index >= 15 is 0 Å². The van der Waals surface area contributed by atoms with Gasteiger partial charge >= 0.3 is 5.63 Å². The third-order valence-electron chi connectivity index (χ3n) is 5.07. The van der Waals surface area contributed by atoms with Gasteiger partial charge in [0.05, 0.1) is 12.0 Å². The van der Waals surface area contributed by atoms with Gasteiger partial charge in [-0.05, 0) is 50.3 Å². The summed E-state index contributed by atoms with van der Waals surface area (Å²) in [4.78, 5) is 35.6. The number of carbonyl (C=O) groups excluding carboxylic acids is 2. The standard InChI is InChI=1S/C21H25NO6/c1-3-4-8-17(20(24)25)22-19(23)12(2)27-13-9-10-15-14-6-5-7-16(14)21(26)28-18(15)11-13/h9-12,17H,3-8H2,1-2H3,(H,22,23)(H,24,25)/p-1/t12-,17-/m0/s1. The minimum absolute atomic E-state index is 0.309. The maximum atomic E-state index is 12.3. The molecule has 2 atom stereocenters. The fourth-order valence-electron chi connectivity index (χ4n) is 3.54. The summed E-state index contributed by atoms with van der Waals surface area (Å²) in [6.07, 6.45) is 3.40. The zero-order chi connectivity index (χ0) is 20.3. The van der Waals surface area contributed by atoms with Crippen LogP contribution in [-0.2, 0) is 22.4 Å². The van der Waals surface area contributed by atoms with E-state index in [9.17, 15) is 19.5 Å². The Morgan fingerprint density at radius 1 is 1.29 bits per heavy atom. The Labute approximate surface area is 162 Å². The number of aliphatic carboxylic acids is 1. The van der Waals surface area contributed by atoms with Gasteiger partial charge in [-0.1, -0.05) is 19.8 Å². The molecule has 0 unspecified atom stereocenters. The van der Waals surface area contributed by atoms with Gasteiger partial charge in [-0.15, -0.1) is 0 Å². The smallest absolute Gasteiger partial charge is 0.339 e. The van der Waals surface area contributed by atoms with Crippen molar-refractivity contribution in [2.24, 2.45) is 0 Å². The Morgan fingerprint density at radius 2 is 2.04 bits per heavy atom. The zero-order valence-corrected chi connectivity index (χ0v) is 16.1. The maximum Gasteiger partial charge on any atom is 0.339 e. The van der Waals surface area contributed by atoms with Crippen LogP contribution in [0.2, 0.25) is 0 Å². The number of carboxylic acid groups (broad SMARTS) is 1. The molecule has 2 aromatic rings. The van der Waals surface area contributed by atoms with E-state index in [1.165, 1.54) is 6.92 Å². The van der Waals surface area contributed by atoms with Crippen LogP contribution >= 0.6 is 0 Å². The second kappa shape index (κ2) is 8.46. The van der Waals surface area contributed by atoms with E-state index in [1.807, 2.05) is 13.0 Å². The molecule has 0 bridgehead atoms. The van der Waals surface area contributed by atoms with E-state index in [-0.39, 0.29) is 5.63 Å². The molecule has 28 heavy (non-hydrogen) atoms. The molecule has 1 aromatic carbocycles. The first kappa shape index (κ1) is 19.9. The summed E-state index contributed by atoms with van der Waals surface area (Å²) in [7, 11) is 0. The molecule has 7 heteroatoms. The van der Waals surface area contributed by atoms with Crippen LogP contribution in [0.5, 0.6) is 5.75 Å². The van der Waals surface area contributed by atoms with E-state index in [4.69, 9.17) is 9.15 Å². The number of ether oxygens (including phenoxy) is 1. The van der Waals surface area contributed by atoms with Crippen molar-refractivity contribution in [1.82, 2.24) is 5.32 Å². The van der Waals surface area contributed by atoms with E-state index in [0.717, 1.165) is 42.2 Å². The van der Waals surface area contributed by atoms with Gasteiger partial charge in [0.2, 0.25) is 0 Å². The third kappa shape index (κ3) is 4.18. The number of unbranched alkanes of at least 4 members (excludes halogenated alkanes) is 1. The second-order valence-electron chi connectivity index (χ2n) is 7.14. The molecular formula is C21H24NO6-. The Morgan fingerprint density at radius 3 is 2.75 bits per heavy atom. The van der Waals surface area contributed by atoms with Crippen LogP contribution in [0.15, 0.2) is 27.4 Å². The Kier molecular flexibility index (Phi) is 6.02. The molecule has 0 saturated heterocycles. The molecule has 1 amide bonds. The molecule has 150 valence electrons. The molecule has 0 aliphatic heterocycles. The Bertz CT molecular complexity index is 948. The molecule has 1 N–H and O–H groups in total. The predicted molar refractivity (Wildman–Crippen MR) is 101 cm³/mol. The van der Waals surface area contributed by atoms with Gasteiger partial charge in [0.25, 0.3) is 5.91 Å². The number of carboxylic acids is 1. The molecule has 0 saturated carbocycles. The number of amides is 1. The molecule has 1 heterocycles. The highest BCUT2D eigenvalue weighted by molar-refractivity contribution is 5.86. The number of benzene rings is 1. The molecule has 0 fully saturated rings. The average Bonchev–Trinajstić information content (AvgIpc) is 3.15. The van der Waals surface area contributed by atoms with Crippen molar-refractivity contribution in [1.29, 1.82) is 0 Å². The summed E-state index contributed by atoms with van der Waals surface area (Å²) in [5.74, 6) is -1.48. The summed E-state index contributed by atoms with van der Waals surface area (Å²) < 4.78 is 11.0. The molecule has 1 aliphatic carbocycles. The van der Waals surface area contributed by atoms with Gasteiger partial charge in [0.15, 0.2) is 6.10 Å². The van der Waals surface area contributed by atoms with Crippen LogP contribution < -0.4 is 20.8 Å².